The van der Waals surface area contributed by atoms with Crippen LogP contribution in [0.1, 0.15) is 32.6 Å². The molecule has 2 heterocycles. The third-order valence-electron chi connectivity index (χ3n) is 5.82. The number of nitrogens with zero attached hydrogens (tertiary/aromatic N) is 3. The number of hydrogen-bond acceptors (Lipinski definition) is 4. The Labute approximate surface area is 135 Å². The molecule has 5 nitrogen and oxygen atoms in total. The number of likely N-dealkylation sites (N-methyl/N-ethyl adjacent to an activating group) is 2. The molecule has 22 heavy (non-hydrogen) atoms. The second kappa shape index (κ2) is 6.85. The molecule has 1 atom stereocenters. The van der Waals surface area contributed by atoms with E-state index >= 15 is 0 Å². The smallest absolute Gasteiger partial charge is 0.237 e. The van der Waals surface area contributed by atoms with Crippen molar-refractivity contribution in [2.75, 3.05) is 59.4 Å². The van der Waals surface area contributed by atoms with E-state index in [1.165, 1.54) is 52.0 Å². The Morgan fingerprint density at radius 1 is 1.18 bits per heavy atom. The quantitative estimate of drug-likeness (QED) is 0.780. The molecule has 0 aromatic rings. The van der Waals surface area contributed by atoms with Gasteiger partial charge in [0.15, 0.2) is 0 Å². The fourth-order valence-corrected chi connectivity index (χ4v) is 3.94. The average molecular weight is 308 g/mol. The van der Waals surface area contributed by atoms with Gasteiger partial charge in [-0.3, -0.25) is 9.69 Å². The third-order valence-corrected chi connectivity index (χ3v) is 5.82. The summed E-state index contributed by atoms with van der Waals surface area (Å²) in [7, 11) is 2.20. The van der Waals surface area contributed by atoms with Crippen LogP contribution in [0.5, 0.6) is 0 Å². The van der Waals surface area contributed by atoms with E-state index in [1.54, 1.807) is 0 Å². The predicted octanol–water partition coefficient (Wildman–Crippen LogP) is 0.615. The maximum Gasteiger partial charge on any atom is 0.237 e. The van der Waals surface area contributed by atoms with Gasteiger partial charge < -0.3 is 15.1 Å². The summed E-state index contributed by atoms with van der Waals surface area (Å²) >= 11 is 0. The van der Waals surface area contributed by atoms with E-state index in [4.69, 9.17) is 0 Å². The van der Waals surface area contributed by atoms with Crippen LogP contribution >= 0.6 is 0 Å². The Morgan fingerprint density at radius 3 is 2.55 bits per heavy atom. The minimum absolute atomic E-state index is 0.129. The molecule has 0 aromatic carbocycles. The van der Waals surface area contributed by atoms with E-state index in [2.05, 4.69) is 34.0 Å². The molecule has 2 saturated heterocycles. The maximum absolute atomic E-state index is 12.5. The largest absolute Gasteiger partial charge is 0.354 e. The van der Waals surface area contributed by atoms with E-state index in [1.807, 2.05) is 0 Å². The van der Waals surface area contributed by atoms with Crippen LogP contribution in [0.4, 0.5) is 0 Å². The number of piperazine rings is 1. The monoisotopic (exact) mass is 308 g/mol. The highest BCUT2D eigenvalue weighted by Gasteiger charge is 2.44. The second-order valence-electron chi connectivity index (χ2n) is 7.58. The van der Waals surface area contributed by atoms with Crippen LogP contribution in [-0.2, 0) is 4.79 Å². The number of likely N-dealkylation sites (tertiary alicyclic amines) is 1. The van der Waals surface area contributed by atoms with Crippen molar-refractivity contribution < 1.29 is 4.79 Å². The van der Waals surface area contributed by atoms with Crippen LogP contribution in [0.25, 0.3) is 0 Å². The zero-order valence-corrected chi connectivity index (χ0v) is 14.3. The first-order valence-corrected chi connectivity index (χ1v) is 9.04. The molecular formula is C17H32N4O. The normalized spacial score (nSPS) is 29.6. The molecule has 3 rings (SSSR count). The van der Waals surface area contributed by atoms with E-state index in [9.17, 15) is 4.79 Å². The van der Waals surface area contributed by atoms with Gasteiger partial charge in [0.05, 0.1) is 6.04 Å². The van der Waals surface area contributed by atoms with Crippen LogP contribution in [-0.4, -0.2) is 86.1 Å². The molecule has 3 aliphatic rings. The summed E-state index contributed by atoms with van der Waals surface area (Å²) < 4.78 is 0. The Morgan fingerprint density at radius 2 is 1.91 bits per heavy atom. The lowest BCUT2D eigenvalue weighted by Crippen LogP contribution is -2.49. The summed E-state index contributed by atoms with van der Waals surface area (Å²) in [5.41, 5.74) is 0.376. The van der Waals surface area contributed by atoms with Gasteiger partial charge in [0, 0.05) is 44.7 Å². The third kappa shape index (κ3) is 3.81. The molecular weight excluding hydrogens is 276 g/mol. The molecule has 0 spiro atoms. The number of amides is 1. The van der Waals surface area contributed by atoms with Crippen molar-refractivity contribution in [3.63, 3.8) is 0 Å². The van der Waals surface area contributed by atoms with Gasteiger partial charge in [-0.05, 0) is 45.8 Å². The molecule has 126 valence electrons. The van der Waals surface area contributed by atoms with Crippen molar-refractivity contribution in [3.05, 3.63) is 0 Å². The number of nitrogens with one attached hydrogen (secondary N) is 1. The lowest BCUT2D eigenvalue weighted by Gasteiger charge is -2.35. The highest BCUT2D eigenvalue weighted by molar-refractivity contribution is 5.82. The summed E-state index contributed by atoms with van der Waals surface area (Å²) in [5.74, 6) is 0.268. The fourth-order valence-electron chi connectivity index (χ4n) is 3.94. The summed E-state index contributed by atoms with van der Waals surface area (Å²) in [6.45, 7) is 11.0. The molecule has 0 bridgehead atoms. The van der Waals surface area contributed by atoms with E-state index in [-0.39, 0.29) is 11.9 Å². The van der Waals surface area contributed by atoms with E-state index < -0.39 is 0 Å². The lowest BCUT2D eigenvalue weighted by molar-refractivity contribution is -0.125. The molecule has 2 aliphatic heterocycles. The van der Waals surface area contributed by atoms with Crippen molar-refractivity contribution in [1.82, 2.24) is 20.0 Å². The Bertz CT molecular complexity index is 388. The molecule has 1 N–H and O–H groups in total. The summed E-state index contributed by atoms with van der Waals surface area (Å²) in [4.78, 5) is 19.8. The highest BCUT2D eigenvalue weighted by Crippen LogP contribution is 2.45. The van der Waals surface area contributed by atoms with Crippen molar-refractivity contribution in [2.45, 2.75) is 38.6 Å². The van der Waals surface area contributed by atoms with E-state index in [0.29, 0.717) is 5.41 Å². The molecule has 1 aliphatic carbocycles. The van der Waals surface area contributed by atoms with Crippen LogP contribution in [0.2, 0.25) is 0 Å². The maximum atomic E-state index is 12.5. The highest BCUT2D eigenvalue weighted by atomic mass is 16.2. The molecule has 0 radical (unpaired) electrons. The van der Waals surface area contributed by atoms with E-state index in [0.717, 1.165) is 26.1 Å². The second-order valence-corrected chi connectivity index (χ2v) is 7.58. The first-order valence-electron chi connectivity index (χ1n) is 9.04. The Balaban J connectivity index is 1.43. The van der Waals surface area contributed by atoms with Crippen LogP contribution in [0.15, 0.2) is 0 Å². The molecule has 5 heteroatoms. The van der Waals surface area contributed by atoms with Gasteiger partial charge in [-0.15, -0.1) is 0 Å². The number of carbonyl (C=O) groups excluding carboxylic acids is 1. The van der Waals surface area contributed by atoms with Crippen molar-refractivity contribution in [1.29, 1.82) is 0 Å². The van der Waals surface area contributed by atoms with Gasteiger partial charge in [0.1, 0.15) is 0 Å². The average Bonchev–Trinajstić information content (AvgIpc) is 3.11. The lowest BCUT2D eigenvalue weighted by atomic mass is 10.1. The molecule has 0 unspecified atom stereocenters. The molecule has 3 fully saturated rings. The first-order chi connectivity index (χ1) is 10.6. The SMILES string of the molecule is CCN1CCC[C@H]1C(=O)NCC1(CN2CCN(C)CC2)CC1. The summed E-state index contributed by atoms with van der Waals surface area (Å²) in [6, 6.07) is 0.129. The van der Waals surface area contributed by atoms with Gasteiger partial charge in [-0.1, -0.05) is 6.92 Å². The van der Waals surface area contributed by atoms with Gasteiger partial charge in [-0.2, -0.15) is 0 Å². The zero-order valence-electron chi connectivity index (χ0n) is 14.3. The number of rotatable bonds is 6. The van der Waals surface area contributed by atoms with Gasteiger partial charge in [-0.25, -0.2) is 0 Å². The Hall–Kier alpha value is -0.650. The van der Waals surface area contributed by atoms with Gasteiger partial charge in [0.2, 0.25) is 5.91 Å². The van der Waals surface area contributed by atoms with Gasteiger partial charge in [0.25, 0.3) is 0 Å². The van der Waals surface area contributed by atoms with Crippen molar-refractivity contribution in [2.24, 2.45) is 5.41 Å². The topological polar surface area (TPSA) is 38.8 Å². The van der Waals surface area contributed by atoms with Gasteiger partial charge >= 0.3 is 0 Å². The van der Waals surface area contributed by atoms with Crippen LogP contribution in [0.3, 0.4) is 0 Å². The number of carbonyl (C=O) groups is 1. The molecule has 1 amide bonds. The number of hydrogen-bond donors (Lipinski definition) is 1. The van der Waals surface area contributed by atoms with Crippen molar-refractivity contribution >= 4 is 5.91 Å². The minimum atomic E-state index is 0.129. The summed E-state index contributed by atoms with van der Waals surface area (Å²) in [5, 5.41) is 3.27. The van der Waals surface area contributed by atoms with Crippen molar-refractivity contribution in [3.8, 4) is 0 Å². The first kappa shape index (κ1) is 16.2. The Kier molecular flexibility index (Phi) is 5.05. The zero-order chi connectivity index (χ0) is 15.6. The van der Waals surface area contributed by atoms with Crippen LogP contribution < -0.4 is 5.32 Å². The van der Waals surface area contributed by atoms with Crippen LogP contribution in [0, 0.1) is 5.41 Å². The fraction of sp³-hybridized carbons (Fsp3) is 0.941. The predicted molar refractivity (Wildman–Crippen MR) is 88.9 cm³/mol. The molecule has 1 saturated carbocycles. The minimum Gasteiger partial charge on any atom is -0.354 e. The molecule has 0 aromatic heterocycles. The summed E-state index contributed by atoms with van der Waals surface area (Å²) in [6.07, 6.45) is 4.76. The standard InChI is InChI=1S/C17H32N4O/c1-3-21-8-4-5-15(21)16(22)18-13-17(6-7-17)14-20-11-9-19(2)10-12-20/h15H,3-14H2,1-2H3,(H,18,22)/t15-/m0/s1.